The zero-order valence-electron chi connectivity index (χ0n) is 8.93. The monoisotopic (exact) mass is 205 g/mol. The van der Waals surface area contributed by atoms with E-state index in [0.717, 1.165) is 25.4 Å². The molecular weight excluding hydrogens is 182 g/mol. The van der Waals surface area contributed by atoms with Crippen LogP contribution < -0.4 is 16.0 Å². The first-order valence-corrected chi connectivity index (χ1v) is 5.60. The van der Waals surface area contributed by atoms with Gasteiger partial charge in [0.2, 0.25) is 0 Å². The zero-order chi connectivity index (χ0) is 10.1. The maximum Gasteiger partial charge on any atom is 0.0280 e. The molecule has 13 heavy (non-hydrogen) atoms. The molecule has 0 fully saturated rings. The van der Waals surface area contributed by atoms with Gasteiger partial charge in [-0.1, -0.05) is 6.92 Å². The van der Waals surface area contributed by atoms with E-state index >= 15 is 0 Å². The molecule has 0 unspecified atom stereocenters. The Morgan fingerprint density at radius 1 is 1.23 bits per heavy atom. The molecule has 0 aromatic rings. The molecule has 80 valence electrons. The molecule has 3 nitrogen and oxygen atoms in total. The van der Waals surface area contributed by atoms with Crippen molar-refractivity contribution in [2.75, 3.05) is 32.4 Å². The summed E-state index contributed by atoms with van der Waals surface area (Å²) in [4.78, 5) is 0. The van der Waals surface area contributed by atoms with E-state index in [9.17, 15) is 0 Å². The molecular formula is C9H23N3S. The second-order valence-corrected chi connectivity index (χ2v) is 3.67. The summed E-state index contributed by atoms with van der Waals surface area (Å²) in [5.74, 6) is 0.882. The fraction of sp³-hybridized carbons (Fsp3) is 1.00. The molecule has 0 aromatic heterocycles. The molecule has 0 saturated carbocycles. The Kier molecular flexibility index (Phi) is 8.97. The summed E-state index contributed by atoms with van der Waals surface area (Å²) in [6.45, 7) is 7.30. The first-order valence-electron chi connectivity index (χ1n) is 4.96. The topological polar surface area (TPSA) is 36.1 Å². The molecule has 0 spiro atoms. The number of thiol groups is 1. The summed E-state index contributed by atoms with van der Waals surface area (Å²) < 4.78 is 0. The van der Waals surface area contributed by atoms with Crippen molar-refractivity contribution in [1.29, 1.82) is 0 Å². The van der Waals surface area contributed by atoms with Gasteiger partial charge in [0.05, 0.1) is 0 Å². The fourth-order valence-corrected chi connectivity index (χ4v) is 1.47. The number of hydrogen-bond donors (Lipinski definition) is 4. The summed E-state index contributed by atoms with van der Waals surface area (Å²) in [6, 6.07) is 0.999. The highest BCUT2D eigenvalue weighted by Gasteiger charge is 2.06. The minimum absolute atomic E-state index is 0.479. The Labute approximate surface area is 87.5 Å². The second-order valence-electron chi connectivity index (χ2n) is 3.30. The molecule has 3 N–H and O–H groups in total. The van der Waals surface area contributed by atoms with Crippen molar-refractivity contribution in [2.24, 2.45) is 0 Å². The molecule has 0 aromatic carbocycles. The van der Waals surface area contributed by atoms with Gasteiger partial charge in [-0.25, -0.2) is 0 Å². The lowest BCUT2D eigenvalue weighted by atomic mass is 10.3. The zero-order valence-corrected chi connectivity index (χ0v) is 9.82. The van der Waals surface area contributed by atoms with E-state index in [4.69, 9.17) is 0 Å². The third kappa shape index (κ3) is 7.31. The minimum atomic E-state index is 0.479. The summed E-state index contributed by atoms with van der Waals surface area (Å²) in [7, 11) is 1.97. The van der Waals surface area contributed by atoms with Crippen molar-refractivity contribution in [3.05, 3.63) is 0 Å². The van der Waals surface area contributed by atoms with Crippen molar-refractivity contribution in [2.45, 2.75) is 25.9 Å². The number of nitrogens with one attached hydrogen (secondary N) is 3. The van der Waals surface area contributed by atoms with Crippen molar-refractivity contribution in [3.8, 4) is 0 Å². The molecule has 0 aliphatic heterocycles. The Morgan fingerprint density at radius 2 is 1.92 bits per heavy atom. The van der Waals surface area contributed by atoms with Crippen LogP contribution in [-0.4, -0.2) is 44.5 Å². The first kappa shape index (κ1) is 13.2. The quantitative estimate of drug-likeness (QED) is 0.424. The van der Waals surface area contributed by atoms with Gasteiger partial charge in [-0.15, -0.1) is 0 Å². The van der Waals surface area contributed by atoms with E-state index in [0.29, 0.717) is 12.1 Å². The standard InChI is InChI=1S/C9H23N3S/c1-4-11-9(7-13)6-12-8(2)5-10-3/h8-13H,4-7H2,1-3H3/t8-,9-/m0/s1. The lowest BCUT2D eigenvalue weighted by Gasteiger charge is -2.19. The predicted molar refractivity (Wildman–Crippen MR) is 62.7 cm³/mol. The number of rotatable bonds is 8. The van der Waals surface area contributed by atoms with Gasteiger partial charge in [-0.05, 0) is 20.5 Å². The Morgan fingerprint density at radius 3 is 2.38 bits per heavy atom. The summed E-state index contributed by atoms with van der Waals surface area (Å²) in [5, 5.41) is 9.96. The lowest BCUT2D eigenvalue weighted by Crippen LogP contribution is -2.45. The van der Waals surface area contributed by atoms with Gasteiger partial charge in [-0.3, -0.25) is 0 Å². The fourth-order valence-electron chi connectivity index (χ4n) is 1.21. The van der Waals surface area contributed by atoms with Crippen LogP contribution in [0, 0.1) is 0 Å². The van der Waals surface area contributed by atoms with Crippen molar-refractivity contribution in [1.82, 2.24) is 16.0 Å². The maximum atomic E-state index is 4.29. The van der Waals surface area contributed by atoms with Crippen LogP contribution in [0.15, 0.2) is 0 Å². The van der Waals surface area contributed by atoms with Crippen LogP contribution in [-0.2, 0) is 0 Å². The molecule has 0 aliphatic carbocycles. The van der Waals surface area contributed by atoms with E-state index in [2.05, 4.69) is 42.4 Å². The highest BCUT2D eigenvalue weighted by atomic mass is 32.1. The van der Waals surface area contributed by atoms with Crippen LogP contribution in [0.3, 0.4) is 0 Å². The first-order chi connectivity index (χ1) is 6.24. The normalized spacial score (nSPS) is 15.7. The van der Waals surface area contributed by atoms with Crippen LogP contribution in [0.5, 0.6) is 0 Å². The van der Waals surface area contributed by atoms with Gasteiger partial charge < -0.3 is 16.0 Å². The molecule has 0 bridgehead atoms. The molecule has 0 amide bonds. The van der Waals surface area contributed by atoms with Crippen LogP contribution in [0.2, 0.25) is 0 Å². The van der Waals surface area contributed by atoms with Crippen LogP contribution >= 0.6 is 12.6 Å². The largest absolute Gasteiger partial charge is 0.318 e. The van der Waals surface area contributed by atoms with Crippen molar-refractivity contribution in [3.63, 3.8) is 0 Å². The molecule has 0 aliphatic rings. The van der Waals surface area contributed by atoms with Crippen molar-refractivity contribution < 1.29 is 0 Å². The molecule has 0 heterocycles. The third-order valence-electron chi connectivity index (χ3n) is 1.94. The Hall–Kier alpha value is 0.230. The van der Waals surface area contributed by atoms with E-state index in [-0.39, 0.29) is 0 Å². The molecule has 0 rings (SSSR count). The van der Waals surface area contributed by atoms with Gasteiger partial charge in [0.25, 0.3) is 0 Å². The summed E-state index contributed by atoms with van der Waals surface area (Å²) >= 11 is 4.29. The van der Waals surface area contributed by atoms with E-state index in [1.165, 1.54) is 0 Å². The highest BCUT2D eigenvalue weighted by molar-refractivity contribution is 7.80. The SMILES string of the molecule is CCN[C@H](CS)CN[C@@H](C)CNC. The Bertz CT molecular complexity index is 111. The highest BCUT2D eigenvalue weighted by Crippen LogP contribution is 1.87. The van der Waals surface area contributed by atoms with E-state index < -0.39 is 0 Å². The van der Waals surface area contributed by atoms with Crippen LogP contribution in [0.1, 0.15) is 13.8 Å². The molecule has 0 radical (unpaired) electrons. The lowest BCUT2D eigenvalue weighted by molar-refractivity contribution is 0.463. The molecule has 0 saturated heterocycles. The summed E-state index contributed by atoms with van der Waals surface area (Å²) in [5.41, 5.74) is 0. The van der Waals surface area contributed by atoms with Crippen LogP contribution in [0.4, 0.5) is 0 Å². The average Bonchev–Trinajstić information content (AvgIpc) is 2.12. The average molecular weight is 205 g/mol. The maximum absolute atomic E-state index is 4.29. The van der Waals surface area contributed by atoms with Crippen molar-refractivity contribution >= 4 is 12.6 Å². The molecule has 2 atom stereocenters. The van der Waals surface area contributed by atoms with Gasteiger partial charge in [0.1, 0.15) is 0 Å². The number of hydrogen-bond acceptors (Lipinski definition) is 4. The van der Waals surface area contributed by atoms with E-state index in [1.807, 2.05) is 7.05 Å². The van der Waals surface area contributed by atoms with Gasteiger partial charge in [0, 0.05) is 30.9 Å². The molecule has 4 heteroatoms. The van der Waals surface area contributed by atoms with Gasteiger partial charge >= 0.3 is 0 Å². The van der Waals surface area contributed by atoms with Gasteiger partial charge in [-0.2, -0.15) is 12.6 Å². The van der Waals surface area contributed by atoms with Crippen LogP contribution in [0.25, 0.3) is 0 Å². The second kappa shape index (κ2) is 8.81. The summed E-state index contributed by atoms with van der Waals surface area (Å²) in [6.07, 6.45) is 0. The smallest absolute Gasteiger partial charge is 0.0280 e. The van der Waals surface area contributed by atoms with Gasteiger partial charge in [0.15, 0.2) is 0 Å². The predicted octanol–water partition coefficient (Wildman–Crippen LogP) is 0.0918. The van der Waals surface area contributed by atoms with E-state index in [1.54, 1.807) is 0 Å². The minimum Gasteiger partial charge on any atom is -0.318 e. The number of likely N-dealkylation sites (N-methyl/N-ethyl adjacent to an activating group) is 2. The third-order valence-corrected chi connectivity index (χ3v) is 2.38. The Balaban J connectivity index is 3.46.